The molecule has 0 spiro atoms. The van der Waals surface area contributed by atoms with Gasteiger partial charge in [-0.25, -0.2) is 4.79 Å². The number of carbonyl (C=O) groups is 2. The second-order valence-electron chi connectivity index (χ2n) is 12.0. The topological polar surface area (TPSA) is 103 Å². The number of methoxy groups -OCH3 is 1. The Morgan fingerprint density at radius 3 is 2.62 bits per heavy atom. The van der Waals surface area contributed by atoms with Crippen LogP contribution in [-0.4, -0.2) is 85.6 Å². The Morgan fingerprint density at radius 1 is 1.12 bits per heavy atom. The average molecular weight is 642 g/mol. The SMILES string of the molecule is COc1ccc2c(c1)CCN(C1CCN(CCNC(=O)c3cc(Br)c(N)c(CN(C)C4CCCCC4)c3)CC1)C(=O)N2. The summed E-state index contributed by atoms with van der Waals surface area (Å²) in [6, 6.07) is 10.3. The molecule has 3 aliphatic rings. The first-order valence-corrected chi connectivity index (χ1v) is 16.1. The van der Waals surface area contributed by atoms with Crippen molar-refractivity contribution in [1.29, 1.82) is 0 Å². The van der Waals surface area contributed by atoms with E-state index in [4.69, 9.17) is 10.5 Å². The monoisotopic (exact) mass is 640 g/mol. The summed E-state index contributed by atoms with van der Waals surface area (Å²) in [5.41, 5.74) is 10.7. The predicted octanol–water partition coefficient (Wildman–Crippen LogP) is 5.09. The van der Waals surface area contributed by atoms with Gasteiger partial charge in [0.2, 0.25) is 0 Å². The number of nitrogens with two attached hydrogens (primary N) is 1. The van der Waals surface area contributed by atoms with Gasteiger partial charge in [0.15, 0.2) is 0 Å². The molecule has 3 amide bonds. The number of halogens is 1. The van der Waals surface area contributed by atoms with Crippen LogP contribution in [0.5, 0.6) is 5.75 Å². The molecule has 2 fully saturated rings. The van der Waals surface area contributed by atoms with E-state index in [0.29, 0.717) is 30.4 Å². The second-order valence-corrected chi connectivity index (χ2v) is 12.8. The summed E-state index contributed by atoms with van der Waals surface area (Å²) in [6.07, 6.45) is 8.99. The molecule has 2 aromatic rings. The fraction of sp³-hybridized carbons (Fsp3) is 0.562. The van der Waals surface area contributed by atoms with Crippen molar-refractivity contribution < 1.29 is 14.3 Å². The maximum absolute atomic E-state index is 13.1. The fourth-order valence-electron chi connectivity index (χ4n) is 6.64. The molecule has 0 atom stereocenters. The van der Waals surface area contributed by atoms with E-state index >= 15 is 0 Å². The van der Waals surface area contributed by atoms with Crippen LogP contribution >= 0.6 is 15.9 Å². The minimum absolute atomic E-state index is 0.0245. The number of benzene rings is 2. The number of anilines is 2. The number of likely N-dealkylation sites (tertiary alicyclic amines) is 1. The van der Waals surface area contributed by atoms with E-state index in [9.17, 15) is 9.59 Å². The summed E-state index contributed by atoms with van der Waals surface area (Å²) in [5, 5.41) is 6.19. The van der Waals surface area contributed by atoms with Crippen LogP contribution in [0.15, 0.2) is 34.8 Å². The van der Waals surface area contributed by atoms with Gasteiger partial charge in [-0.15, -0.1) is 0 Å². The minimum atomic E-state index is -0.0791. The minimum Gasteiger partial charge on any atom is -0.497 e. The smallest absolute Gasteiger partial charge is 0.322 e. The van der Waals surface area contributed by atoms with Crippen LogP contribution in [0.4, 0.5) is 16.2 Å². The summed E-state index contributed by atoms with van der Waals surface area (Å²) in [7, 11) is 3.82. The summed E-state index contributed by atoms with van der Waals surface area (Å²) >= 11 is 3.57. The Kier molecular flexibility index (Phi) is 10.3. The first-order chi connectivity index (χ1) is 20.3. The number of hydrogen-bond donors (Lipinski definition) is 3. The quantitative estimate of drug-likeness (QED) is 0.330. The van der Waals surface area contributed by atoms with Gasteiger partial charge in [0.05, 0.1) is 12.8 Å². The van der Waals surface area contributed by atoms with Crippen molar-refractivity contribution in [1.82, 2.24) is 20.0 Å². The largest absolute Gasteiger partial charge is 0.497 e. The lowest BCUT2D eigenvalue weighted by molar-refractivity contribution is 0.0937. The molecule has 2 heterocycles. The molecule has 5 rings (SSSR count). The fourth-order valence-corrected chi connectivity index (χ4v) is 7.15. The van der Waals surface area contributed by atoms with E-state index < -0.39 is 0 Å². The van der Waals surface area contributed by atoms with E-state index in [-0.39, 0.29) is 18.0 Å². The van der Waals surface area contributed by atoms with E-state index in [0.717, 1.165) is 72.5 Å². The van der Waals surface area contributed by atoms with Gasteiger partial charge in [-0.05, 0) is 96.5 Å². The number of nitrogens with one attached hydrogen (secondary N) is 2. The summed E-state index contributed by atoms with van der Waals surface area (Å²) in [4.78, 5) is 32.8. The zero-order chi connectivity index (χ0) is 29.6. The van der Waals surface area contributed by atoms with Gasteiger partial charge < -0.3 is 30.9 Å². The normalized spacial score (nSPS) is 18.9. The number of amides is 3. The zero-order valence-electron chi connectivity index (χ0n) is 25.0. The molecule has 0 bridgehead atoms. The van der Waals surface area contributed by atoms with Crippen molar-refractivity contribution in [2.75, 3.05) is 57.9 Å². The molecule has 4 N–H and O–H groups in total. The number of carbonyl (C=O) groups excluding carboxylic acids is 2. The average Bonchev–Trinajstić information content (AvgIpc) is 3.17. The highest BCUT2D eigenvalue weighted by Gasteiger charge is 2.30. The molecule has 1 aliphatic carbocycles. The standard InChI is InChI=1S/C32H45BrN6O3/c1-37(25-6-4-3-5-7-25)21-24-18-23(20-28(33)30(24)34)31(40)35-13-17-38-14-11-26(12-15-38)39-16-10-22-19-27(42-2)8-9-29(22)36-32(39)41/h8-9,18-20,25-26H,3-7,10-17,21,34H2,1-2H3,(H,35,40)(H,36,41). The molecule has 42 heavy (non-hydrogen) atoms. The Balaban J connectivity index is 1.08. The Bertz CT molecular complexity index is 1260. The predicted molar refractivity (Wildman–Crippen MR) is 171 cm³/mol. The molecule has 228 valence electrons. The molecule has 2 aromatic carbocycles. The molecule has 1 saturated carbocycles. The molecule has 0 unspecified atom stereocenters. The van der Waals surface area contributed by atoms with Gasteiger partial charge in [-0.2, -0.15) is 0 Å². The van der Waals surface area contributed by atoms with Gasteiger partial charge in [-0.1, -0.05) is 19.3 Å². The van der Waals surface area contributed by atoms with Gasteiger partial charge in [0.25, 0.3) is 5.91 Å². The third kappa shape index (κ3) is 7.38. The van der Waals surface area contributed by atoms with Crippen molar-refractivity contribution in [2.24, 2.45) is 0 Å². The first kappa shape index (κ1) is 30.6. The van der Waals surface area contributed by atoms with E-state index in [1.54, 1.807) is 7.11 Å². The molecule has 0 radical (unpaired) electrons. The first-order valence-electron chi connectivity index (χ1n) is 15.4. The molecule has 10 heteroatoms. The number of nitrogens with zero attached hydrogens (tertiary/aromatic N) is 3. The molecular formula is C32H45BrN6O3. The molecular weight excluding hydrogens is 596 g/mol. The van der Waals surface area contributed by atoms with Crippen LogP contribution in [0.25, 0.3) is 0 Å². The van der Waals surface area contributed by atoms with Crippen molar-refractivity contribution >= 4 is 39.2 Å². The number of rotatable bonds is 9. The Morgan fingerprint density at radius 2 is 1.88 bits per heavy atom. The molecule has 0 aromatic heterocycles. The van der Waals surface area contributed by atoms with Gasteiger partial charge in [-0.3, -0.25) is 9.69 Å². The lowest BCUT2D eigenvalue weighted by Crippen LogP contribution is -2.49. The van der Waals surface area contributed by atoms with E-state index in [1.165, 1.54) is 32.1 Å². The third-order valence-corrected chi connectivity index (χ3v) is 9.90. The van der Waals surface area contributed by atoms with Crippen molar-refractivity contribution in [3.05, 3.63) is 51.5 Å². The molecule has 9 nitrogen and oxygen atoms in total. The highest BCUT2D eigenvalue weighted by Crippen LogP contribution is 2.30. The maximum Gasteiger partial charge on any atom is 0.322 e. The number of piperidine rings is 1. The Hall–Kier alpha value is -2.82. The van der Waals surface area contributed by atoms with Gasteiger partial charge in [0.1, 0.15) is 5.75 Å². The second kappa shape index (κ2) is 14.1. The number of hydrogen-bond acceptors (Lipinski definition) is 6. The maximum atomic E-state index is 13.1. The van der Waals surface area contributed by atoms with E-state index in [1.807, 2.05) is 35.2 Å². The summed E-state index contributed by atoms with van der Waals surface area (Å²) < 4.78 is 6.13. The van der Waals surface area contributed by atoms with Crippen LogP contribution in [0, 0.1) is 0 Å². The number of urea groups is 1. The van der Waals surface area contributed by atoms with Crippen LogP contribution in [0.3, 0.4) is 0 Å². The Labute approximate surface area is 258 Å². The molecule has 2 aliphatic heterocycles. The highest BCUT2D eigenvalue weighted by atomic mass is 79.9. The van der Waals surface area contributed by atoms with Crippen LogP contribution < -0.4 is 21.1 Å². The van der Waals surface area contributed by atoms with Crippen LogP contribution in [0.2, 0.25) is 0 Å². The summed E-state index contributed by atoms with van der Waals surface area (Å²) in [5.74, 6) is 0.730. The van der Waals surface area contributed by atoms with Gasteiger partial charge in [0, 0.05) is 67.1 Å². The highest BCUT2D eigenvalue weighted by molar-refractivity contribution is 9.10. The van der Waals surface area contributed by atoms with Crippen molar-refractivity contribution in [2.45, 2.75) is 70.0 Å². The molecule has 1 saturated heterocycles. The van der Waals surface area contributed by atoms with Crippen molar-refractivity contribution in [3.63, 3.8) is 0 Å². The third-order valence-electron chi connectivity index (χ3n) is 9.24. The summed E-state index contributed by atoms with van der Waals surface area (Å²) in [6.45, 7) is 4.59. The number of fused-ring (bicyclic) bond motifs is 1. The number of ether oxygens (including phenoxy) is 1. The lowest BCUT2D eigenvalue weighted by Gasteiger charge is -2.38. The van der Waals surface area contributed by atoms with Gasteiger partial charge >= 0.3 is 6.03 Å². The van der Waals surface area contributed by atoms with Crippen LogP contribution in [0.1, 0.15) is 66.4 Å². The van der Waals surface area contributed by atoms with Crippen LogP contribution in [-0.2, 0) is 13.0 Å². The lowest BCUT2D eigenvalue weighted by atomic mass is 9.94. The van der Waals surface area contributed by atoms with E-state index in [2.05, 4.69) is 43.4 Å². The zero-order valence-corrected chi connectivity index (χ0v) is 26.5. The number of nitrogen functional groups attached to an aromatic ring is 1. The van der Waals surface area contributed by atoms with Crippen molar-refractivity contribution in [3.8, 4) is 5.75 Å².